The first-order valence-corrected chi connectivity index (χ1v) is 8.96. The van der Waals surface area contributed by atoms with Gasteiger partial charge in [-0.1, -0.05) is 18.2 Å². The summed E-state index contributed by atoms with van der Waals surface area (Å²) in [7, 11) is 1.91. The van der Waals surface area contributed by atoms with Gasteiger partial charge in [0.1, 0.15) is 5.82 Å². The van der Waals surface area contributed by atoms with E-state index in [2.05, 4.69) is 15.2 Å². The number of rotatable bonds is 7. The maximum Gasteiger partial charge on any atom is 0.234 e. The maximum atomic E-state index is 13.9. The zero-order valence-electron chi connectivity index (χ0n) is 15.1. The summed E-state index contributed by atoms with van der Waals surface area (Å²) in [6.07, 6.45) is 2.71. The highest BCUT2D eigenvalue weighted by Gasteiger charge is 2.24. The van der Waals surface area contributed by atoms with E-state index in [0.717, 1.165) is 25.2 Å². The monoisotopic (exact) mass is 356 g/mol. The molecule has 3 rings (SSSR count). The molecular weight excluding hydrogens is 331 g/mol. The van der Waals surface area contributed by atoms with E-state index >= 15 is 0 Å². The summed E-state index contributed by atoms with van der Waals surface area (Å²) in [6.45, 7) is 3.19. The lowest BCUT2D eigenvalue weighted by molar-refractivity contribution is -0.122. The highest BCUT2D eigenvalue weighted by atomic mass is 19.1. The molecule has 1 atom stereocenters. The van der Waals surface area contributed by atoms with Crippen molar-refractivity contribution in [2.45, 2.75) is 13.0 Å². The molecule has 5 nitrogen and oxygen atoms in total. The smallest absolute Gasteiger partial charge is 0.234 e. The maximum absolute atomic E-state index is 13.9. The summed E-state index contributed by atoms with van der Waals surface area (Å²) < 4.78 is 13.9. The number of aromatic nitrogens is 1. The third kappa shape index (κ3) is 5.02. The largest absolute Gasteiger partial charge is 0.369 e. The number of carbonyl (C=O) groups excluding carboxylic acids is 1. The van der Waals surface area contributed by atoms with E-state index in [1.54, 1.807) is 12.3 Å². The molecule has 0 unspecified atom stereocenters. The van der Waals surface area contributed by atoms with Crippen molar-refractivity contribution in [1.29, 1.82) is 0 Å². The van der Waals surface area contributed by atoms with Gasteiger partial charge in [0, 0.05) is 32.4 Å². The van der Waals surface area contributed by atoms with Gasteiger partial charge in [0.05, 0.1) is 17.9 Å². The van der Waals surface area contributed by atoms with Crippen LogP contribution in [0.2, 0.25) is 0 Å². The minimum atomic E-state index is -0.187. The van der Waals surface area contributed by atoms with Crippen LogP contribution in [-0.4, -0.2) is 49.0 Å². The molecule has 1 fully saturated rings. The quantitative estimate of drug-likeness (QED) is 0.827. The van der Waals surface area contributed by atoms with E-state index in [4.69, 9.17) is 0 Å². The lowest BCUT2D eigenvalue weighted by atomic mass is 10.1. The van der Waals surface area contributed by atoms with E-state index in [-0.39, 0.29) is 11.7 Å². The molecule has 2 heterocycles. The summed E-state index contributed by atoms with van der Waals surface area (Å²) in [4.78, 5) is 20.4. The van der Waals surface area contributed by atoms with Crippen molar-refractivity contribution in [3.63, 3.8) is 0 Å². The molecule has 6 heteroatoms. The molecule has 1 aromatic carbocycles. The Morgan fingerprint density at radius 1 is 1.31 bits per heavy atom. The second-order valence-electron chi connectivity index (χ2n) is 6.85. The molecular formula is C20H25FN4O. The first kappa shape index (κ1) is 18.3. The number of hydrogen-bond acceptors (Lipinski definition) is 4. The van der Waals surface area contributed by atoms with Crippen LogP contribution in [0.15, 0.2) is 48.7 Å². The Kier molecular flexibility index (Phi) is 6.17. The Hall–Kier alpha value is -2.47. The fourth-order valence-electron chi connectivity index (χ4n) is 3.31. The summed E-state index contributed by atoms with van der Waals surface area (Å²) in [5, 5.41) is 3.01. The van der Waals surface area contributed by atoms with Gasteiger partial charge >= 0.3 is 0 Å². The molecule has 1 N–H and O–H groups in total. The summed E-state index contributed by atoms with van der Waals surface area (Å²) >= 11 is 0. The number of benzene rings is 1. The standard InChI is InChI=1S/C20H25FN4O/c1-24(14-17-6-4-5-10-22-17)15-20(26)23-12-16-9-11-25(13-16)19-8-3-2-7-18(19)21/h2-8,10,16H,9,11-15H2,1H3,(H,23,26)/t16-/m1/s1. The molecule has 0 saturated carbocycles. The fraction of sp³-hybridized carbons (Fsp3) is 0.400. The van der Waals surface area contributed by atoms with Gasteiger partial charge in [-0.2, -0.15) is 0 Å². The van der Waals surface area contributed by atoms with Crippen molar-refractivity contribution >= 4 is 11.6 Å². The van der Waals surface area contributed by atoms with Crippen LogP contribution in [0.1, 0.15) is 12.1 Å². The van der Waals surface area contributed by atoms with E-state index in [9.17, 15) is 9.18 Å². The number of nitrogens with one attached hydrogen (secondary N) is 1. The topological polar surface area (TPSA) is 48.5 Å². The molecule has 26 heavy (non-hydrogen) atoms. The molecule has 1 aliphatic heterocycles. The molecule has 1 amide bonds. The Bertz CT molecular complexity index is 725. The number of nitrogens with zero attached hydrogens (tertiary/aromatic N) is 3. The van der Waals surface area contributed by atoms with Crippen molar-refractivity contribution in [2.75, 3.05) is 38.1 Å². The second kappa shape index (κ2) is 8.76. The van der Waals surface area contributed by atoms with Crippen LogP contribution in [0.5, 0.6) is 0 Å². The third-order valence-electron chi connectivity index (χ3n) is 4.64. The van der Waals surface area contributed by atoms with Gasteiger partial charge < -0.3 is 10.2 Å². The second-order valence-corrected chi connectivity index (χ2v) is 6.85. The van der Waals surface area contributed by atoms with Gasteiger partial charge in [-0.25, -0.2) is 4.39 Å². The van der Waals surface area contributed by atoms with Crippen LogP contribution in [0.4, 0.5) is 10.1 Å². The predicted molar refractivity (Wildman–Crippen MR) is 100 cm³/mol. The zero-order valence-corrected chi connectivity index (χ0v) is 15.1. The molecule has 1 saturated heterocycles. The Labute approximate surface area is 153 Å². The van der Waals surface area contributed by atoms with E-state index in [1.165, 1.54) is 6.07 Å². The van der Waals surface area contributed by atoms with Crippen LogP contribution in [0, 0.1) is 11.7 Å². The Morgan fingerprint density at radius 2 is 2.12 bits per heavy atom. The van der Waals surface area contributed by atoms with Crippen molar-refractivity contribution in [3.05, 3.63) is 60.2 Å². The first-order valence-electron chi connectivity index (χ1n) is 8.96. The van der Waals surface area contributed by atoms with Crippen LogP contribution in [-0.2, 0) is 11.3 Å². The predicted octanol–water partition coefficient (Wildman–Crippen LogP) is 2.30. The summed E-state index contributed by atoms with van der Waals surface area (Å²) in [6, 6.07) is 12.6. The number of pyridine rings is 1. The van der Waals surface area contributed by atoms with E-state index < -0.39 is 0 Å². The van der Waals surface area contributed by atoms with Crippen LogP contribution < -0.4 is 10.2 Å². The highest BCUT2D eigenvalue weighted by molar-refractivity contribution is 5.78. The van der Waals surface area contributed by atoms with Crippen LogP contribution in [0.25, 0.3) is 0 Å². The van der Waals surface area contributed by atoms with Crippen molar-refractivity contribution in [3.8, 4) is 0 Å². The van der Waals surface area contributed by atoms with Gasteiger partial charge in [-0.3, -0.25) is 14.7 Å². The van der Waals surface area contributed by atoms with Crippen molar-refractivity contribution < 1.29 is 9.18 Å². The van der Waals surface area contributed by atoms with Gasteiger partial charge in [0.25, 0.3) is 0 Å². The van der Waals surface area contributed by atoms with Gasteiger partial charge in [-0.15, -0.1) is 0 Å². The number of halogens is 1. The molecule has 0 bridgehead atoms. The highest BCUT2D eigenvalue weighted by Crippen LogP contribution is 2.25. The number of para-hydroxylation sites is 1. The third-order valence-corrected chi connectivity index (χ3v) is 4.64. The summed E-state index contributed by atoms with van der Waals surface area (Å²) in [5.41, 5.74) is 1.59. The van der Waals surface area contributed by atoms with Gasteiger partial charge in [0.2, 0.25) is 5.91 Å². The average Bonchev–Trinajstić information content (AvgIpc) is 3.10. The Balaban J connectivity index is 1.40. The molecule has 138 valence electrons. The Morgan fingerprint density at radius 3 is 2.88 bits per heavy atom. The number of amides is 1. The van der Waals surface area contributed by atoms with Crippen LogP contribution in [0.3, 0.4) is 0 Å². The van der Waals surface area contributed by atoms with E-state index in [0.29, 0.717) is 31.2 Å². The number of likely N-dealkylation sites (N-methyl/N-ethyl adjacent to an activating group) is 1. The molecule has 2 aromatic rings. The lowest BCUT2D eigenvalue weighted by Gasteiger charge is -2.20. The molecule has 1 aromatic heterocycles. The number of anilines is 1. The SMILES string of the molecule is CN(CC(=O)NC[C@H]1CCN(c2ccccc2F)C1)Cc1ccccn1. The van der Waals surface area contributed by atoms with Gasteiger partial charge in [0.15, 0.2) is 0 Å². The minimum Gasteiger partial charge on any atom is -0.369 e. The number of hydrogen-bond donors (Lipinski definition) is 1. The molecule has 1 aliphatic rings. The zero-order chi connectivity index (χ0) is 18.4. The molecule has 0 radical (unpaired) electrons. The van der Waals surface area contributed by atoms with Crippen LogP contribution >= 0.6 is 0 Å². The van der Waals surface area contributed by atoms with Crippen molar-refractivity contribution in [2.24, 2.45) is 5.92 Å². The van der Waals surface area contributed by atoms with Crippen molar-refractivity contribution in [1.82, 2.24) is 15.2 Å². The van der Waals surface area contributed by atoms with E-state index in [1.807, 2.05) is 42.3 Å². The molecule has 0 spiro atoms. The fourth-order valence-corrected chi connectivity index (χ4v) is 3.31. The number of carbonyl (C=O) groups is 1. The average molecular weight is 356 g/mol. The normalized spacial score (nSPS) is 16.9. The first-order chi connectivity index (χ1) is 12.6. The molecule has 0 aliphatic carbocycles. The minimum absolute atomic E-state index is 0.00720. The summed E-state index contributed by atoms with van der Waals surface area (Å²) in [5.74, 6) is 0.167. The lowest BCUT2D eigenvalue weighted by Crippen LogP contribution is -2.38. The van der Waals surface area contributed by atoms with Gasteiger partial charge in [-0.05, 0) is 43.7 Å².